The van der Waals surface area contributed by atoms with Crippen LogP contribution < -0.4 is 5.73 Å². The first-order valence-corrected chi connectivity index (χ1v) is 6.06. The number of hydrogen-bond donors (Lipinski definition) is 1. The van der Waals surface area contributed by atoms with Crippen molar-refractivity contribution < 1.29 is 9.13 Å². The van der Waals surface area contributed by atoms with Gasteiger partial charge in [-0.25, -0.2) is 4.39 Å². The van der Waals surface area contributed by atoms with E-state index in [1.54, 1.807) is 13.2 Å². The molecule has 0 aliphatic heterocycles. The quantitative estimate of drug-likeness (QED) is 0.828. The molecule has 17 heavy (non-hydrogen) atoms. The smallest absolute Gasteiger partial charge is 0.123 e. The van der Waals surface area contributed by atoms with E-state index in [4.69, 9.17) is 10.5 Å². The van der Waals surface area contributed by atoms with Crippen molar-refractivity contribution in [1.82, 2.24) is 0 Å². The van der Waals surface area contributed by atoms with Crippen molar-refractivity contribution in [3.05, 3.63) is 35.1 Å². The molecule has 0 saturated carbocycles. The Morgan fingerprint density at radius 1 is 1.35 bits per heavy atom. The van der Waals surface area contributed by atoms with E-state index in [-0.39, 0.29) is 18.0 Å². The fourth-order valence-corrected chi connectivity index (χ4v) is 1.84. The lowest BCUT2D eigenvalue weighted by atomic mass is 9.98. The molecule has 96 valence electrons. The van der Waals surface area contributed by atoms with Crippen LogP contribution in [0.5, 0.6) is 0 Å². The second-order valence-electron chi connectivity index (χ2n) is 4.66. The van der Waals surface area contributed by atoms with Crippen molar-refractivity contribution >= 4 is 0 Å². The summed E-state index contributed by atoms with van der Waals surface area (Å²) in [6, 6.07) is 4.98. The standard InChI is InChI=1S/C14H22FNO/c1-10-8-13(15)6-5-12(10)9-14(16)7-4-11(2)17-3/h5-6,8,11,14H,4,7,9,16H2,1-3H3. The number of halogens is 1. The first-order chi connectivity index (χ1) is 8.02. The van der Waals surface area contributed by atoms with Crippen LogP contribution >= 0.6 is 0 Å². The summed E-state index contributed by atoms with van der Waals surface area (Å²) in [6.45, 7) is 3.96. The minimum Gasteiger partial charge on any atom is -0.382 e. The Bertz CT molecular complexity index is 354. The van der Waals surface area contributed by atoms with Gasteiger partial charge < -0.3 is 10.5 Å². The number of nitrogens with two attached hydrogens (primary N) is 1. The van der Waals surface area contributed by atoms with Gasteiger partial charge in [0.25, 0.3) is 0 Å². The topological polar surface area (TPSA) is 35.2 Å². The van der Waals surface area contributed by atoms with Crippen molar-refractivity contribution in [1.29, 1.82) is 0 Å². The van der Waals surface area contributed by atoms with Crippen LogP contribution in [0, 0.1) is 12.7 Å². The highest BCUT2D eigenvalue weighted by molar-refractivity contribution is 5.27. The molecule has 0 aliphatic rings. The predicted molar refractivity (Wildman–Crippen MR) is 68.5 cm³/mol. The molecule has 0 saturated heterocycles. The summed E-state index contributed by atoms with van der Waals surface area (Å²) in [5.74, 6) is -0.187. The molecule has 1 rings (SSSR count). The van der Waals surface area contributed by atoms with Gasteiger partial charge in [0.05, 0.1) is 6.10 Å². The van der Waals surface area contributed by atoms with Crippen LogP contribution in [0.25, 0.3) is 0 Å². The van der Waals surface area contributed by atoms with Crippen LogP contribution in [0.3, 0.4) is 0 Å². The third-order valence-electron chi connectivity index (χ3n) is 3.13. The molecule has 0 heterocycles. The van der Waals surface area contributed by atoms with Crippen LogP contribution in [0.2, 0.25) is 0 Å². The van der Waals surface area contributed by atoms with Gasteiger partial charge >= 0.3 is 0 Å². The molecule has 0 amide bonds. The van der Waals surface area contributed by atoms with E-state index < -0.39 is 0 Å². The monoisotopic (exact) mass is 239 g/mol. The number of benzene rings is 1. The molecule has 0 radical (unpaired) electrons. The maximum atomic E-state index is 12.9. The largest absolute Gasteiger partial charge is 0.382 e. The van der Waals surface area contributed by atoms with Crippen molar-refractivity contribution in [2.24, 2.45) is 5.73 Å². The van der Waals surface area contributed by atoms with E-state index in [1.165, 1.54) is 6.07 Å². The van der Waals surface area contributed by atoms with Crippen LogP contribution in [-0.4, -0.2) is 19.3 Å². The Balaban J connectivity index is 2.47. The number of hydrogen-bond acceptors (Lipinski definition) is 2. The minimum absolute atomic E-state index is 0.108. The minimum atomic E-state index is -0.187. The van der Waals surface area contributed by atoms with Crippen LogP contribution in [-0.2, 0) is 11.2 Å². The van der Waals surface area contributed by atoms with Gasteiger partial charge in [-0.05, 0) is 56.4 Å². The van der Waals surface area contributed by atoms with Gasteiger partial charge in [0.1, 0.15) is 5.82 Å². The predicted octanol–water partition coefficient (Wildman–Crippen LogP) is 2.82. The average Bonchev–Trinajstić information content (AvgIpc) is 2.29. The maximum absolute atomic E-state index is 12.9. The molecular formula is C14H22FNO. The zero-order valence-electron chi connectivity index (χ0n) is 10.9. The normalized spacial score (nSPS) is 14.6. The summed E-state index contributed by atoms with van der Waals surface area (Å²) >= 11 is 0. The fraction of sp³-hybridized carbons (Fsp3) is 0.571. The molecule has 0 aromatic heterocycles. The lowest BCUT2D eigenvalue weighted by Gasteiger charge is -2.15. The van der Waals surface area contributed by atoms with Crippen molar-refractivity contribution in [3.63, 3.8) is 0 Å². The van der Waals surface area contributed by atoms with Gasteiger partial charge in [-0.3, -0.25) is 0 Å². The van der Waals surface area contributed by atoms with E-state index in [0.29, 0.717) is 0 Å². The lowest BCUT2D eigenvalue weighted by Crippen LogP contribution is -2.25. The highest BCUT2D eigenvalue weighted by Gasteiger charge is 2.09. The molecule has 1 aromatic rings. The highest BCUT2D eigenvalue weighted by Crippen LogP contribution is 2.14. The van der Waals surface area contributed by atoms with Crippen LogP contribution in [0.4, 0.5) is 4.39 Å². The summed E-state index contributed by atoms with van der Waals surface area (Å²) < 4.78 is 18.1. The van der Waals surface area contributed by atoms with Crippen LogP contribution in [0.15, 0.2) is 18.2 Å². The third-order valence-corrected chi connectivity index (χ3v) is 3.13. The highest BCUT2D eigenvalue weighted by atomic mass is 19.1. The molecule has 0 spiro atoms. The van der Waals surface area contributed by atoms with Crippen LogP contribution in [0.1, 0.15) is 30.9 Å². The average molecular weight is 239 g/mol. The third kappa shape index (κ3) is 4.84. The second kappa shape index (κ2) is 6.72. The lowest BCUT2D eigenvalue weighted by molar-refractivity contribution is 0.107. The summed E-state index contributed by atoms with van der Waals surface area (Å²) in [5, 5.41) is 0. The molecule has 2 nitrogen and oxygen atoms in total. The van der Waals surface area contributed by atoms with Gasteiger partial charge in [0.2, 0.25) is 0 Å². The Morgan fingerprint density at radius 3 is 2.65 bits per heavy atom. The molecule has 2 unspecified atom stereocenters. The molecule has 2 atom stereocenters. The molecule has 0 bridgehead atoms. The first kappa shape index (κ1) is 14.1. The Kier molecular flexibility index (Phi) is 5.59. The van der Waals surface area contributed by atoms with E-state index >= 15 is 0 Å². The molecule has 3 heteroatoms. The maximum Gasteiger partial charge on any atom is 0.123 e. The number of methoxy groups -OCH3 is 1. The molecule has 2 N–H and O–H groups in total. The Morgan fingerprint density at radius 2 is 2.06 bits per heavy atom. The Labute approximate surface area is 103 Å². The SMILES string of the molecule is COC(C)CCC(N)Cc1ccc(F)cc1C. The molecular weight excluding hydrogens is 217 g/mol. The van der Waals surface area contributed by atoms with Gasteiger partial charge in [-0.2, -0.15) is 0 Å². The van der Waals surface area contributed by atoms with Gasteiger partial charge in [-0.1, -0.05) is 6.07 Å². The van der Waals surface area contributed by atoms with Crippen molar-refractivity contribution in [2.45, 2.75) is 45.3 Å². The zero-order chi connectivity index (χ0) is 12.8. The first-order valence-electron chi connectivity index (χ1n) is 6.06. The van der Waals surface area contributed by atoms with Crippen molar-refractivity contribution in [3.8, 4) is 0 Å². The summed E-state index contributed by atoms with van der Waals surface area (Å²) in [7, 11) is 1.71. The van der Waals surface area contributed by atoms with E-state index in [9.17, 15) is 4.39 Å². The van der Waals surface area contributed by atoms with Gasteiger partial charge in [0.15, 0.2) is 0 Å². The van der Waals surface area contributed by atoms with Gasteiger partial charge in [-0.15, -0.1) is 0 Å². The van der Waals surface area contributed by atoms with E-state index in [0.717, 1.165) is 30.4 Å². The van der Waals surface area contributed by atoms with E-state index in [1.807, 2.05) is 19.9 Å². The van der Waals surface area contributed by atoms with Crippen molar-refractivity contribution in [2.75, 3.05) is 7.11 Å². The molecule has 0 fully saturated rings. The second-order valence-corrected chi connectivity index (χ2v) is 4.66. The summed E-state index contributed by atoms with van der Waals surface area (Å²) in [4.78, 5) is 0. The Hall–Kier alpha value is -0.930. The number of aryl methyl sites for hydroxylation is 1. The molecule has 1 aromatic carbocycles. The summed E-state index contributed by atoms with van der Waals surface area (Å²) in [5.41, 5.74) is 8.17. The summed E-state index contributed by atoms with van der Waals surface area (Å²) in [6.07, 6.45) is 2.92. The van der Waals surface area contributed by atoms with E-state index in [2.05, 4.69) is 0 Å². The zero-order valence-corrected chi connectivity index (χ0v) is 10.9. The van der Waals surface area contributed by atoms with Gasteiger partial charge in [0, 0.05) is 13.2 Å². The molecule has 0 aliphatic carbocycles. The fourth-order valence-electron chi connectivity index (χ4n) is 1.84. The number of rotatable bonds is 6. The number of ether oxygens (including phenoxy) is 1.